The van der Waals surface area contributed by atoms with Gasteiger partial charge in [-0.15, -0.1) is 0 Å². The Morgan fingerprint density at radius 2 is 2.31 bits per heavy atom. The van der Waals surface area contributed by atoms with Crippen LogP contribution in [0.5, 0.6) is 0 Å². The van der Waals surface area contributed by atoms with Gasteiger partial charge in [-0.1, -0.05) is 23.8 Å². The minimum Gasteiger partial charge on any atom is -0.278 e. The van der Waals surface area contributed by atoms with Crippen molar-refractivity contribution in [2.24, 2.45) is 0 Å². The molecule has 0 saturated heterocycles. The smallest absolute Gasteiger partial charge is 0.0665 e. The molecule has 0 saturated carbocycles. The lowest BCUT2D eigenvalue weighted by Gasteiger charge is -1.97. The zero-order chi connectivity index (χ0) is 9.26. The molecule has 0 fully saturated rings. The second kappa shape index (κ2) is 3.23. The van der Waals surface area contributed by atoms with Crippen molar-refractivity contribution in [1.82, 2.24) is 10.2 Å². The van der Waals surface area contributed by atoms with Crippen LogP contribution in [0.15, 0.2) is 24.4 Å². The largest absolute Gasteiger partial charge is 0.278 e. The Balaban J connectivity index is 2.69. The number of fused-ring (bicyclic) bond motifs is 1. The molecule has 3 heteroatoms. The summed E-state index contributed by atoms with van der Waals surface area (Å²) in [7, 11) is 0. The summed E-state index contributed by atoms with van der Waals surface area (Å²) in [4.78, 5) is 0. The summed E-state index contributed by atoms with van der Waals surface area (Å²) in [6.07, 6.45) is 5.74. The number of nitrogens with zero attached hydrogens (tertiary/aromatic N) is 1. The van der Waals surface area contributed by atoms with Crippen molar-refractivity contribution in [1.29, 1.82) is 0 Å². The zero-order valence-corrected chi connectivity index (χ0v) is 7.97. The molecule has 66 valence electrons. The van der Waals surface area contributed by atoms with E-state index in [0.717, 1.165) is 21.5 Å². The van der Waals surface area contributed by atoms with Crippen molar-refractivity contribution in [2.75, 3.05) is 0 Å². The highest BCUT2D eigenvalue weighted by atomic mass is 35.5. The number of aromatic amines is 1. The molecule has 2 aromatic rings. The van der Waals surface area contributed by atoms with Crippen LogP contribution in [0.4, 0.5) is 0 Å². The third-order valence-corrected chi connectivity index (χ3v) is 2.23. The number of nitrogens with one attached hydrogen (secondary N) is 1. The molecule has 0 amide bonds. The third-order valence-electron chi connectivity index (χ3n) is 1.90. The number of hydrogen-bond acceptors (Lipinski definition) is 1. The van der Waals surface area contributed by atoms with Gasteiger partial charge in [-0.3, -0.25) is 5.10 Å². The van der Waals surface area contributed by atoms with Gasteiger partial charge in [0.05, 0.1) is 11.7 Å². The van der Waals surface area contributed by atoms with Gasteiger partial charge in [0.15, 0.2) is 0 Å². The highest BCUT2D eigenvalue weighted by molar-refractivity contribution is 6.32. The van der Waals surface area contributed by atoms with Crippen LogP contribution in [0.2, 0.25) is 5.02 Å². The van der Waals surface area contributed by atoms with E-state index in [2.05, 4.69) is 10.2 Å². The van der Waals surface area contributed by atoms with Crippen molar-refractivity contribution >= 4 is 28.6 Å². The van der Waals surface area contributed by atoms with Crippen molar-refractivity contribution < 1.29 is 0 Å². The van der Waals surface area contributed by atoms with Crippen LogP contribution >= 0.6 is 11.6 Å². The molecule has 2 nitrogen and oxygen atoms in total. The molecule has 1 aromatic heterocycles. The molecule has 0 aliphatic rings. The minimum absolute atomic E-state index is 0.745. The second-order valence-electron chi connectivity index (χ2n) is 2.83. The summed E-state index contributed by atoms with van der Waals surface area (Å²) in [5.74, 6) is 0. The maximum absolute atomic E-state index is 6.04. The van der Waals surface area contributed by atoms with Crippen LogP contribution in [-0.2, 0) is 0 Å². The van der Waals surface area contributed by atoms with Gasteiger partial charge < -0.3 is 0 Å². The number of benzene rings is 1. The van der Waals surface area contributed by atoms with E-state index in [4.69, 9.17) is 11.6 Å². The van der Waals surface area contributed by atoms with Crippen LogP contribution < -0.4 is 0 Å². The van der Waals surface area contributed by atoms with E-state index in [1.807, 2.05) is 31.2 Å². The standard InChI is InChI=1S/C10H9ClN2/c1-2-3-7-4-8-6-12-13-10(8)5-9(7)11/h2-6H,1H3,(H,12,13)/b3-2-. The van der Waals surface area contributed by atoms with E-state index in [-0.39, 0.29) is 0 Å². The molecule has 1 aromatic carbocycles. The average Bonchev–Trinajstić information content (AvgIpc) is 2.52. The monoisotopic (exact) mass is 192 g/mol. The van der Waals surface area contributed by atoms with Crippen LogP contribution in [0.25, 0.3) is 17.0 Å². The quantitative estimate of drug-likeness (QED) is 0.738. The molecule has 0 aliphatic heterocycles. The van der Waals surface area contributed by atoms with Crippen LogP contribution in [-0.4, -0.2) is 10.2 Å². The highest BCUT2D eigenvalue weighted by Gasteiger charge is 2.00. The molecule has 0 atom stereocenters. The molecule has 0 bridgehead atoms. The van der Waals surface area contributed by atoms with Crippen molar-refractivity contribution in [3.05, 3.63) is 35.0 Å². The van der Waals surface area contributed by atoms with Crippen LogP contribution in [0.3, 0.4) is 0 Å². The first-order valence-electron chi connectivity index (χ1n) is 4.06. The summed E-state index contributed by atoms with van der Waals surface area (Å²) >= 11 is 6.04. The van der Waals surface area contributed by atoms with Gasteiger partial charge in [0.1, 0.15) is 0 Å². The Labute approximate surface area is 81.2 Å². The van der Waals surface area contributed by atoms with Crippen LogP contribution in [0.1, 0.15) is 12.5 Å². The first-order valence-corrected chi connectivity index (χ1v) is 4.44. The Hall–Kier alpha value is -1.28. The van der Waals surface area contributed by atoms with Gasteiger partial charge in [0.25, 0.3) is 0 Å². The molecule has 0 unspecified atom stereocenters. The highest BCUT2D eigenvalue weighted by Crippen LogP contribution is 2.23. The average molecular weight is 193 g/mol. The number of allylic oxidation sites excluding steroid dienone is 1. The van der Waals surface area contributed by atoms with E-state index in [9.17, 15) is 0 Å². The zero-order valence-electron chi connectivity index (χ0n) is 7.21. The normalized spacial score (nSPS) is 11.5. The lowest BCUT2D eigenvalue weighted by molar-refractivity contribution is 1.12. The number of halogens is 1. The first-order chi connectivity index (χ1) is 6.31. The fourth-order valence-electron chi connectivity index (χ4n) is 1.29. The van der Waals surface area contributed by atoms with Gasteiger partial charge >= 0.3 is 0 Å². The Bertz CT molecular complexity index is 457. The van der Waals surface area contributed by atoms with E-state index in [0.29, 0.717) is 0 Å². The van der Waals surface area contributed by atoms with Crippen molar-refractivity contribution in [3.8, 4) is 0 Å². The van der Waals surface area contributed by atoms with Gasteiger partial charge in [0, 0.05) is 10.4 Å². The van der Waals surface area contributed by atoms with E-state index < -0.39 is 0 Å². The molecule has 2 rings (SSSR count). The lowest BCUT2D eigenvalue weighted by atomic mass is 10.1. The fraction of sp³-hybridized carbons (Fsp3) is 0.100. The molecule has 1 N–H and O–H groups in total. The Morgan fingerprint density at radius 1 is 1.46 bits per heavy atom. The topological polar surface area (TPSA) is 28.7 Å². The Morgan fingerprint density at radius 3 is 3.08 bits per heavy atom. The van der Waals surface area contributed by atoms with E-state index in [1.54, 1.807) is 6.20 Å². The predicted octanol–water partition coefficient (Wildman–Crippen LogP) is 3.25. The lowest BCUT2D eigenvalue weighted by Crippen LogP contribution is -1.75. The van der Waals surface area contributed by atoms with Crippen LogP contribution in [0, 0.1) is 0 Å². The number of rotatable bonds is 1. The molecule has 0 radical (unpaired) electrons. The first kappa shape index (κ1) is 8.32. The number of aromatic nitrogens is 2. The minimum atomic E-state index is 0.745. The number of H-pyrrole nitrogens is 1. The summed E-state index contributed by atoms with van der Waals surface area (Å²) in [6.45, 7) is 1.97. The van der Waals surface area contributed by atoms with Gasteiger partial charge in [0.2, 0.25) is 0 Å². The maximum atomic E-state index is 6.04. The number of hydrogen-bond donors (Lipinski definition) is 1. The summed E-state index contributed by atoms with van der Waals surface area (Å²) < 4.78 is 0. The summed E-state index contributed by atoms with van der Waals surface area (Å²) in [5, 5.41) is 8.63. The second-order valence-corrected chi connectivity index (χ2v) is 3.24. The van der Waals surface area contributed by atoms with Gasteiger partial charge in [-0.2, -0.15) is 5.10 Å². The van der Waals surface area contributed by atoms with E-state index >= 15 is 0 Å². The predicted molar refractivity (Wildman–Crippen MR) is 55.8 cm³/mol. The van der Waals surface area contributed by atoms with Crippen molar-refractivity contribution in [2.45, 2.75) is 6.92 Å². The molecule has 13 heavy (non-hydrogen) atoms. The van der Waals surface area contributed by atoms with Crippen molar-refractivity contribution in [3.63, 3.8) is 0 Å². The van der Waals surface area contributed by atoms with Gasteiger partial charge in [-0.05, 0) is 24.6 Å². The SMILES string of the molecule is C/C=C\c1cc2cn[nH]c2cc1Cl. The molecular weight excluding hydrogens is 184 g/mol. The van der Waals surface area contributed by atoms with Gasteiger partial charge in [-0.25, -0.2) is 0 Å². The maximum Gasteiger partial charge on any atom is 0.0665 e. The molecular formula is C10H9ClN2. The van der Waals surface area contributed by atoms with E-state index in [1.165, 1.54) is 0 Å². The third kappa shape index (κ3) is 1.45. The Kier molecular flexibility index (Phi) is 2.07. The summed E-state index contributed by atoms with van der Waals surface area (Å²) in [5.41, 5.74) is 2.00. The summed E-state index contributed by atoms with van der Waals surface area (Å²) in [6, 6.07) is 3.90. The molecule has 0 spiro atoms. The molecule has 1 heterocycles. The fourth-order valence-corrected chi connectivity index (χ4v) is 1.52. The molecule has 0 aliphatic carbocycles.